The minimum Gasteiger partial charge on any atom is -0.317 e. The summed E-state index contributed by atoms with van der Waals surface area (Å²) in [5.74, 6) is 0.509. The molecule has 0 unspecified atom stereocenters. The molecule has 0 aliphatic rings. The number of carbonyl (C=O) groups excluding carboxylic acids is 1. The van der Waals surface area contributed by atoms with Gasteiger partial charge in [-0.15, -0.1) is 0 Å². The second kappa shape index (κ2) is 5.92. The molecule has 1 heterocycles. The Kier molecular flexibility index (Phi) is 5.03. The van der Waals surface area contributed by atoms with Gasteiger partial charge in [0.05, 0.1) is 5.69 Å². The Balaban J connectivity index is 2.65. The number of nitrogens with one attached hydrogen (secondary N) is 2. The van der Waals surface area contributed by atoms with E-state index in [2.05, 4.69) is 38.2 Å². The number of hydrogen-bond acceptors (Lipinski definition) is 3. The molecule has 1 aromatic heterocycles. The summed E-state index contributed by atoms with van der Waals surface area (Å²) < 4.78 is 1.09. The standard InChI is InChI=1S/C12H16IN3OS/c1-7-8(13)5-6-9(14-7)15-11(18)16-10(17)12(2,3)4/h5-6H,1-4H3,(H2,14,15,16,17,18). The molecule has 1 amide bonds. The van der Waals surface area contributed by atoms with E-state index in [1.807, 2.05) is 39.8 Å². The van der Waals surface area contributed by atoms with E-state index in [0.717, 1.165) is 9.26 Å². The minimum absolute atomic E-state index is 0.123. The molecular weight excluding hydrogens is 361 g/mol. The van der Waals surface area contributed by atoms with Crippen LogP contribution < -0.4 is 10.6 Å². The summed E-state index contributed by atoms with van der Waals surface area (Å²) >= 11 is 7.28. The Morgan fingerprint density at radius 2 is 2.00 bits per heavy atom. The third-order valence-corrected chi connectivity index (χ3v) is 3.52. The summed E-state index contributed by atoms with van der Waals surface area (Å²) in [5, 5.41) is 5.81. The van der Waals surface area contributed by atoms with Gasteiger partial charge in [-0.3, -0.25) is 4.79 Å². The van der Waals surface area contributed by atoms with E-state index in [4.69, 9.17) is 12.2 Å². The van der Waals surface area contributed by atoms with Crippen LogP contribution in [0.15, 0.2) is 12.1 Å². The molecule has 6 heteroatoms. The zero-order chi connectivity index (χ0) is 13.9. The van der Waals surface area contributed by atoms with Gasteiger partial charge in [-0.05, 0) is 53.9 Å². The van der Waals surface area contributed by atoms with Gasteiger partial charge in [0.25, 0.3) is 0 Å². The van der Waals surface area contributed by atoms with Gasteiger partial charge in [0.2, 0.25) is 5.91 Å². The highest BCUT2D eigenvalue weighted by Crippen LogP contribution is 2.14. The van der Waals surface area contributed by atoms with E-state index in [9.17, 15) is 4.79 Å². The molecule has 0 saturated heterocycles. The first kappa shape index (κ1) is 15.3. The van der Waals surface area contributed by atoms with Crippen molar-refractivity contribution >= 4 is 51.6 Å². The molecule has 1 aromatic rings. The molecule has 0 spiro atoms. The quantitative estimate of drug-likeness (QED) is 0.584. The number of carbonyl (C=O) groups is 1. The molecule has 98 valence electrons. The molecule has 0 saturated carbocycles. The highest BCUT2D eigenvalue weighted by Gasteiger charge is 2.22. The molecule has 18 heavy (non-hydrogen) atoms. The Morgan fingerprint density at radius 1 is 1.39 bits per heavy atom. The van der Waals surface area contributed by atoms with Gasteiger partial charge in [0.15, 0.2) is 5.11 Å². The summed E-state index contributed by atoms with van der Waals surface area (Å²) in [7, 11) is 0. The van der Waals surface area contributed by atoms with Crippen molar-refractivity contribution in [3.05, 3.63) is 21.4 Å². The summed E-state index contributed by atoms with van der Waals surface area (Å²) in [5.41, 5.74) is 0.451. The lowest BCUT2D eigenvalue weighted by Gasteiger charge is -2.18. The smallest absolute Gasteiger partial charge is 0.231 e. The molecule has 0 aliphatic carbocycles. The number of nitrogens with zero attached hydrogens (tertiary/aromatic N) is 1. The van der Waals surface area contributed by atoms with E-state index in [1.54, 1.807) is 0 Å². The molecule has 1 rings (SSSR count). The van der Waals surface area contributed by atoms with Gasteiger partial charge >= 0.3 is 0 Å². The third-order valence-electron chi connectivity index (χ3n) is 2.17. The number of thiocarbonyl (C=S) groups is 1. The topological polar surface area (TPSA) is 54.0 Å². The van der Waals surface area contributed by atoms with Crippen LogP contribution in [-0.2, 0) is 4.79 Å². The number of amides is 1. The molecule has 4 nitrogen and oxygen atoms in total. The highest BCUT2D eigenvalue weighted by molar-refractivity contribution is 14.1. The fourth-order valence-electron chi connectivity index (χ4n) is 1.05. The van der Waals surface area contributed by atoms with Crippen LogP contribution in [0.1, 0.15) is 26.5 Å². The van der Waals surface area contributed by atoms with Gasteiger partial charge in [-0.2, -0.15) is 0 Å². The first-order chi connectivity index (χ1) is 8.20. The lowest BCUT2D eigenvalue weighted by atomic mass is 9.96. The number of pyridine rings is 1. The molecule has 2 N–H and O–H groups in total. The maximum atomic E-state index is 11.7. The first-order valence-corrected chi connectivity index (χ1v) is 6.94. The van der Waals surface area contributed by atoms with Crippen LogP contribution in [0.3, 0.4) is 0 Å². The average Bonchev–Trinajstić information content (AvgIpc) is 2.22. The first-order valence-electron chi connectivity index (χ1n) is 5.46. The van der Waals surface area contributed by atoms with Gasteiger partial charge in [0.1, 0.15) is 5.82 Å². The van der Waals surface area contributed by atoms with Crippen molar-refractivity contribution < 1.29 is 4.79 Å². The lowest BCUT2D eigenvalue weighted by Crippen LogP contribution is -2.41. The average molecular weight is 377 g/mol. The number of halogens is 1. The molecular formula is C12H16IN3OS. The summed E-state index contributed by atoms with van der Waals surface area (Å²) in [6.45, 7) is 7.42. The van der Waals surface area contributed by atoms with Gasteiger partial charge in [-0.25, -0.2) is 4.98 Å². The Labute approximate surface area is 126 Å². The predicted molar refractivity (Wildman–Crippen MR) is 85.5 cm³/mol. The fourth-order valence-corrected chi connectivity index (χ4v) is 1.55. The normalized spacial score (nSPS) is 10.9. The Hall–Kier alpha value is -0.760. The molecule has 0 atom stereocenters. The maximum absolute atomic E-state index is 11.7. The van der Waals surface area contributed by atoms with Crippen LogP contribution in [0.4, 0.5) is 5.82 Å². The van der Waals surface area contributed by atoms with Crippen molar-refractivity contribution in [2.75, 3.05) is 5.32 Å². The van der Waals surface area contributed by atoms with Crippen LogP contribution in [0.5, 0.6) is 0 Å². The number of hydrogen-bond donors (Lipinski definition) is 2. The second-order valence-corrected chi connectivity index (χ2v) is 6.49. The molecule has 0 radical (unpaired) electrons. The van der Waals surface area contributed by atoms with E-state index in [0.29, 0.717) is 5.82 Å². The predicted octanol–water partition coefficient (Wildman–Crippen LogP) is 2.85. The lowest BCUT2D eigenvalue weighted by molar-refractivity contribution is -0.126. The van der Waals surface area contributed by atoms with Crippen LogP contribution in [0.2, 0.25) is 0 Å². The Morgan fingerprint density at radius 3 is 2.50 bits per heavy atom. The van der Waals surface area contributed by atoms with Crippen LogP contribution in [0.25, 0.3) is 0 Å². The SMILES string of the molecule is Cc1nc(NC(=S)NC(=O)C(C)(C)C)ccc1I. The summed E-state index contributed by atoms with van der Waals surface area (Å²) in [6.07, 6.45) is 0. The van der Waals surface area contributed by atoms with E-state index < -0.39 is 5.41 Å². The number of aryl methyl sites for hydroxylation is 1. The third kappa shape index (κ3) is 4.49. The van der Waals surface area contributed by atoms with Crippen molar-refractivity contribution in [3.63, 3.8) is 0 Å². The zero-order valence-electron chi connectivity index (χ0n) is 10.8. The van der Waals surface area contributed by atoms with Crippen molar-refractivity contribution in [1.82, 2.24) is 10.3 Å². The molecule has 0 bridgehead atoms. The van der Waals surface area contributed by atoms with E-state index in [-0.39, 0.29) is 11.0 Å². The van der Waals surface area contributed by atoms with Crippen LogP contribution in [-0.4, -0.2) is 16.0 Å². The van der Waals surface area contributed by atoms with Gasteiger partial charge in [-0.1, -0.05) is 20.8 Å². The van der Waals surface area contributed by atoms with Crippen molar-refractivity contribution in [2.45, 2.75) is 27.7 Å². The van der Waals surface area contributed by atoms with Crippen LogP contribution >= 0.6 is 34.8 Å². The monoisotopic (exact) mass is 377 g/mol. The minimum atomic E-state index is -0.471. The van der Waals surface area contributed by atoms with E-state index in [1.165, 1.54) is 0 Å². The zero-order valence-corrected chi connectivity index (χ0v) is 13.8. The molecule has 0 aromatic carbocycles. The Bertz CT molecular complexity index is 483. The summed E-state index contributed by atoms with van der Waals surface area (Å²) in [4.78, 5) is 16.1. The van der Waals surface area contributed by atoms with E-state index >= 15 is 0 Å². The van der Waals surface area contributed by atoms with Crippen molar-refractivity contribution in [3.8, 4) is 0 Å². The molecule has 0 aliphatic heterocycles. The van der Waals surface area contributed by atoms with Gasteiger partial charge in [0, 0.05) is 8.99 Å². The fraction of sp³-hybridized carbons (Fsp3) is 0.417. The number of anilines is 1. The number of aromatic nitrogens is 1. The largest absolute Gasteiger partial charge is 0.317 e. The summed E-state index contributed by atoms with van der Waals surface area (Å²) in [6, 6.07) is 3.77. The van der Waals surface area contributed by atoms with Crippen molar-refractivity contribution in [1.29, 1.82) is 0 Å². The van der Waals surface area contributed by atoms with Crippen LogP contribution in [0, 0.1) is 15.9 Å². The number of rotatable bonds is 1. The highest BCUT2D eigenvalue weighted by atomic mass is 127. The van der Waals surface area contributed by atoms with Gasteiger partial charge < -0.3 is 10.6 Å². The maximum Gasteiger partial charge on any atom is 0.231 e. The second-order valence-electron chi connectivity index (χ2n) is 4.92. The molecule has 0 fully saturated rings. The van der Waals surface area contributed by atoms with Crippen molar-refractivity contribution in [2.24, 2.45) is 5.41 Å².